The molecule has 0 spiro atoms. The minimum absolute atomic E-state index is 0.000748. The monoisotopic (exact) mass is 354 g/mol. The highest BCUT2D eigenvalue weighted by Gasteiger charge is 2.23. The molecule has 6 nitrogen and oxygen atoms in total. The van der Waals surface area contributed by atoms with Gasteiger partial charge in [0.1, 0.15) is 0 Å². The van der Waals surface area contributed by atoms with Gasteiger partial charge in [0.15, 0.2) is 0 Å². The Morgan fingerprint density at radius 1 is 0.870 bits per heavy atom. The summed E-state index contributed by atoms with van der Waals surface area (Å²) >= 11 is 0. The molecule has 0 atom stereocenters. The van der Waals surface area contributed by atoms with Crippen molar-refractivity contribution in [3.63, 3.8) is 0 Å². The summed E-state index contributed by atoms with van der Waals surface area (Å²) in [6, 6.07) is 0. The molecule has 0 bridgehead atoms. The van der Waals surface area contributed by atoms with Crippen molar-refractivity contribution in [2.75, 3.05) is 26.4 Å². The van der Waals surface area contributed by atoms with Gasteiger partial charge in [-0.2, -0.15) is 0 Å². The summed E-state index contributed by atoms with van der Waals surface area (Å²) in [5, 5.41) is 9.16. The highest BCUT2D eigenvalue weighted by atomic mass is 31.2. The molecule has 0 amide bonds. The molecule has 0 aliphatic rings. The lowest BCUT2D eigenvalue weighted by Gasteiger charge is -2.24. The first kappa shape index (κ1) is 23.0. The fourth-order valence-electron chi connectivity index (χ4n) is 2.13. The predicted octanol–water partition coefficient (Wildman–Crippen LogP) is 3.50. The second-order valence-electron chi connectivity index (χ2n) is 7.78. The maximum absolute atomic E-state index is 10.7. The smallest absolute Gasteiger partial charge is 0.396 e. The third kappa shape index (κ3) is 15.3. The maximum atomic E-state index is 10.7. The van der Waals surface area contributed by atoms with Gasteiger partial charge in [-0.1, -0.05) is 40.5 Å². The molecule has 0 aliphatic heterocycles. The number of aliphatic hydroxyl groups excluding tert-OH is 1. The number of phosphoric ester groups is 1. The van der Waals surface area contributed by atoms with E-state index in [0.717, 1.165) is 45.1 Å². The van der Waals surface area contributed by atoms with Crippen LogP contribution in [0, 0.1) is 10.8 Å². The van der Waals surface area contributed by atoms with Crippen LogP contribution in [0.15, 0.2) is 0 Å². The number of hydrogen-bond donors (Lipinski definition) is 3. The van der Waals surface area contributed by atoms with Gasteiger partial charge >= 0.3 is 7.82 Å². The molecule has 0 unspecified atom stereocenters. The highest BCUT2D eigenvalue weighted by molar-refractivity contribution is 7.46. The van der Waals surface area contributed by atoms with Crippen LogP contribution in [-0.2, 0) is 13.8 Å². The third-order valence-electron chi connectivity index (χ3n) is 3.84. The molecule has 140 valence electrons. The number of hydrogen-bond acceptors (Lipinski definition) is 4. The Kier molecular flexibility index (Phi) is 10.8. The van der Waals surface area contributed by atoms with Gasteiger partial charge in [-0.05, 0) is 36.5 Å². The molecule has 0 aliphatic carbocycles. The number of ether oxygens (including phenoxy) is 1. The second kappa shape index (κ2) is 10.8. The standard InChI is InChI=1S/C16H35O6P/c1-15(2,13-17)9-5-7-11-21-12-8-6-10-16(3,4)14-22-23(18,19)20/h17H,5-14H2,1-4H3,(H2,18,19,20). The quantitative estimate of drug-likeness (QED) is 0.326. The molecule has 0 aromatic rings. The lowest BCUT2D eigenvalue weighted by molar-refractivity contribution is 0.103. The Morgan fingerprint density at radius 3 is 1.78 bits per heavy atom. The molecule has 23 heavy (non-hydrogen) atoms. The molecule has 0 saturated carbocycles. The Morgan fingerprint density at radius 2 is 1.35 bits per heavy atom. The van der Waals surface area contributed by atoms with Gasteiger partial charge in [-0.25, -0.2) is 4.57 Å². The van der Waals surface area contributed by atoms with Crippen molar-refractivity contribution in [3.8, 4) is 0 Å². The minimum Gasteiger partial charge on any atom is -0.396 e. The van der Waals surface area contributed by atoms with Gasteiger partial charge in [0.05, 0.1) is 6.61 Å². The van der Waals surface area contributed by atoms with Gasteiger partial charge in [-0.15, -0.1) is 0 Å². The summed E-state index contributed by atoms with van der Waals surface area (Å²) in [5.74, 6) is 0. The van der Waals surface area contributed by atoms with Crippen molar-refractivity contribution in [2.45, 2.75) is 66.2 Å². The van der Waals surface area contributed by atoms with E-state index < -0.39 is 7.82 Å². The van der Waals surface area contributed by atoms with Crippen molar-refractivity contribution in [2.24, 2.45) is 10.8 Å². The van der Waals surface area contributed by atoms with E-state index in [0.29, 0.717) is 6.61 Å². The lowest BCUT2D eigenvalue weighted by atomic mass is 9.88. The Labute approximate surface area is 140 Å². The Bertz CT molecular complexity index is 350. The average Bonchev–Trinajstić information content (AvgIpc) is 2.43. The van der Waals surface area contributed by atoms with Crippen LogP contribution in [0.25, 0.3) is 0 Å². The zero-order chi connectivity index (χ0) is 18.0. The number of aliphatic hydroxyl groups is 1. The first-order valence-corrected chi connectivity index (χ1v) is 9.89. The van der Waals surface area contributed by atoms with Gasteiger partial charge in [0.25, 0.3) is 0 Å². The molecule has 0 radical (unpaired) electrons. The first-order chi connectivity index (χ1) is 10.5. The van der Waals surface area contributed by atoms with Gasteiger partial charge < -0.3 is 19.6 Å². The van der Waals surface area contributed by atoms with E-state index in [4.69, 9.17) is 19.6 Å². The van der Waals surface area contributed by atoms with Crippen LogP contribution in [0.3, 0.4) is 0 Å². The van der Waals surface area contributed by atoms with Crippen molar-refractivity contribution < 1.29 is 28.7 Å². The summed E-state index contributed by atoms with van der Waals surface area (Å²) in [5.41, 5.74) is -0.252. The molecule has 7 heteroatoms. The summed E-state index contributed by atoms with van der Waals surface area (Å²) in [6.07, 6.45) is 5.77. The van der Waals surface area contributed by atoms with Crippen molar-refractivity contribution in [3.05, 3.63) is 0 Å². The minimum atomic E-state index is -4.38. The molecule has 0 heterocycles. The van der Waals surface area contributed by atoms with E-state index >= 15 is 0 Å². The fraction of sp³-hybridized carbons (Fsp3) is 1.00. The SMILES string of the molecule is CC(C)(CO)CCCCOCCCCC(C)(C)COP(=O)(O)O. The summed E-state index contributed by atoms with van der Waals surface area (Å²) < 4.78 is 20.9. The molecule has 0 rings (SSSR count). The molecule has 0 aromatic carbocycles. The topological polar surface area (TPSA) is 96.2 Å². The average molecular weight is 354 g/mol. The maximum Gasteiger partial charge on any atom is 0.469 e. The van der Waals surface area contributed by atoms with E-state index in [9.17, 15) is 4.57 Å². The molecule has 0 aromatic heterocycles. The van der Waals surface area contributed by atoms with E-state index in [1.165, 1.54) is 0 Å². The van der Waals surface area contributed by atoms with Crippen molar-refractivity contribution >= 4 is 7.82 Å². The van der Waals surface area contributed by atoms with Crippen LogP contribution < -0.4 is 0 Å². The summed E-state index contributed by atoms with van der Waals surface area (Å²) in [7, 11) is -4.38. The second-order valence-corrected chi connectivity index (χ2v) is 9.02. The van der Waals surface area contributed by atoms with E-state index in [2.05, 4.69) is 18.4 Å². The van der Waals surface area contributed by atoms with E-state index in [1.807, 2.05) is 13.8 Å². The molecule has 0 saturated heterocycles. The summed E-state index contributed by atoms with van der Waals surface area (Å²) in [4.78, 5) is 17.4. The van der Waals surface area contributed by atoms with E-state index in [1.54, 1.807) is 0 Å². The zero-order valence-corrected chi connectivity index (χ0v) is 16.0. The number of phosphoric acid groups is 1. The highest BCUT2D eigenvalue weighted by Crippen LogP contribution is 2.39. The van der Waals surface area contributed by atoms with Crippen LogP contribution in [0.1, 0.15) is 66.2 Å². The van der Waals surface area contributed by atoms with Crippen LogP contribution in [-0.4, -0.2) is 41.3 Å². The molecule has 3 N–H and O–H groups in total. The van der Waals surface area contributed by atoms with Crippen molar-refractivity contribution in [1.29, 1.82) is 0 Å². The molecule has 0 fully saturated rings. The van der Waals surface area contributed by atoms with Gasteiger partial charge in [0.2, 0.25) is 0 Å². The number of rotatable bonds is 14. The largest absolute Gasteiger partial charge is 0.469 e. The van der Waals surface area contributed by atoms with Crippen LogP contribution in [0.4, 0.5) is 0 Å². The normalized spacial score (nSPS) is 13.5. The molecular formula is C16H35O6P. The van der Waals surface area contributed by atoms with Gasteiger partial charge in [-0.3, -0.25) is 4.52 Å². The van der Waals surface area contributed by atoms with Crippen LogP contribution >= 0.6 is 7.82 Å². The van der Waals surface area contributed by atoms with Crippen LogP contribution in [0.5, 0.6) is 0 Å². The van der Waals surface area contributed by atoms with E-state index in [-0.39, 0.29) is 24.0 Å². The summed E-state index contributed by atoms with van der Waals surface area (Å²) in [6.45, 7) is 9.72. The Balaban J connectivity index is 3.53. The fourth-order valence-corrected chi connectivity index (χ4v) is 2.65. The Hall–Kier alpha value is 0.0300. The lowest BCUT2D eigenvalue weighted by Crippen LogP contribution is -2.18. The molecular weight excluding hydrogens is 319 g/mol. The third-order valence-corrected chi connectivity index (χ3v) is 4.30. The van der Waals surface area contributed by atoms with Crippen molar-refractivity contribution in [1.82, 2.24) is 0 Å². The van der Waals surface area contributed by atoms with Gasteiger partial charge in [0, 0.05) is 19.8 Å². The van der Waals surface area contributed by atoms with Crippen LogP contribution in [0.2, 0.25) is 0 Å². The first-order valence-electron chi connectivity index (χ1n) is 8.36. The predicted molar refractivity (Wildman–Crippen MR) is 91.2 cm³/mol. The zero-order valence-electron chi connectivity index (χ0n) is 15.1. The number of unbranched alkanes of at least 4 members (excludes halogenated alkanes) is 2.